The van der Waals surface area contributed by atoms with Gasteiger partial charge in [0.2, 0.25) is 5.43 Å². The molecule has 21 heavy (non-hydrogen) atoms. The van der Waals surface area contributed by atoms with Crippen molar-refractivity contribution >= 4 is 16.9 Å². The Hall–Kier alpha value is -2.30. The van der Waals surface area contributed by atoms with E-state index in [1.807, 2.05) is 25.3 Å². The maximum Gasteiger partial charge on any atom is 0.341 e. The van der Waals surface area contributed by atoms with Crippen molar-refractivity contribution in [3.8, 4) is 5.75 Å². The highest BCUT2D eigenvalue weighted by atomic mass is 16.5. The van der Waals surface area contributed by atoms with Crippen LogP contribution in [0.1, 0.15) is 36.8 Å². The van der Waals surface area contributed by atoms with E-state index in [0.717, 1.165) is 0 Å². The van der Waals surface area contributed by atoms with E-state index in [-0.39, 0.29) is 11.7 Å². The summed E-state index contributed by atoms with van der Waals surface area (Å²) in [5.74, 6) is -0.599. The van der Waals surface area contributed by atoms with Crippen LogP contribution in [0.15, 0.2) is 23.0 Å². The summed E-state index contributed by atoms with van der Waals surface area (Å²) in [5, 5.41) is 9.67. The number of nitrogens with zero attached hydrogens (tertiary/aromatic N) is 1. The molecule has 0 amide bonds. The van der Waals surface area contributed by atoms with Gasteiger partial charge in [-0.2, -0.15) is 0 Å². The molecule has 1 aromatic carbocycles. The highest BCUT2D eigenvalue weighted by Crippen LogP contribution is 2.27. The van der Waals surface area contributed by atoms with Crippen LogP contribution in [0.3, 0.4) is 0 Å². The fourth-order valence-corrected chi connectivity index (χ4v) is 2.58. The topological polar surface area (TPSA) is 68.5 Å². The zero-order chi connectivity index (χ0) is 15.7. The van der Waals surface area contributed by atoms with E-state index in [1.54, 1.807) is 25.1 Å². The van der Waals surface area contributed by atoms with Crippen molar-refractivity contribution in [2.24, 2.45) is 0 Å². The summed E-state index contributed by atoms with van der Waals surface area (Å²) < 4.78 is 7.59. The van der Waals surface area contributed by atoms with Crippen LogP contribution < -0.4 is 10.2 Å². The third-order valence-electron chi connectivity index (χ3n) is 3.40. The Bertz CT molecular complexity index is 759. The molecular formula is C16H19NO4. The molecule has 0 bridgehead atoms. The Morgan fingerprint density at radius 3 is 2.57 bits per heavy atom. The molecular weight excluding hydrogens is 270 g/mol. The fourth-order valence-electron chi connectivity index (χ4n) is 2.58. The van der Waals surface area contributed by atoms with Crippen molar-refractivity contribution in [3.05, 3.63) is 39.7 Å². The SMILES string of the molecule is CCn1c(C)c(C(=O)O)c(=O)c2cccc(OC(C)C)c21. The molecule has 0 saturated carbocycles. The Balaban J connectivity index is 2.96. The monoisotopic (exact) mass is 289 g/mol. The van der Waals surface area contributed by atoms with Crippen molar-refractivity contribution in [2.75, 3.05) is 0 Å². The molecule has 1 heterocycles. The van der Waals surface area contributed by atoms with Crippen molar-refractivity contribution in [2.45, 2.75) is 40.3 Å². The molecule has 0 spiro atoms. The molecule has 1 aromatic heterocycles. The molecule has 112 valence electrons. The average Bonchev–Trinajstić information content (AvgIpc) is 2.39. The lowest BCUT2D eigenvalue weighted by Gasteiger charge is -2.19. The number of fused-ring (bicyclic) bond motifs is 1. The second-order valence-corrected chi connectivity index (χ2v) is 5.16. The number of carboxylic acids is 1. The van der Waals surface area contributed by atoms with Gasteiger partial charge in [-0.15, -0.1) is 0 Å². The van der Waals surface area contributed by atoms with Gasteiger partial charge in [0, 0.05) is 12.2 Å². The van der Waals surface area contributed by atoms with E-state index < -0.39 is 11.4 Å². The van der Waals surface area contributed by atoms with Crippen LogP contribution in [-0.2, 0) is 6.54 Å². The number of carboxylic acid groups (broad SMARTS) is 1. The molecule has 2 aromatic rings. The predicted octanol–water partition coefficient (Wildman–Crippen LogP) is 2.82. The van der Waals surface area contributed by atoms with Crippen molar-refractivity contribution < 1.29 is 14.6 Å². The molecule has 5 heteroatoms. The van der Waals surface area contributed by atoms with Gasteiger partial charge in [-0.25, -0.2) is 4.79 Å². The number of ether oxygens (including phenoxy) is 1. The largest absolute Gasteiger partial charge is 0.489 e. The van der Waals surface area contributed by atoms with Gasteiger partial charge in [-0.1, -0.05) is 6.07 Å². The minimum Gasteiger partial charge on any atom is -0.489 e. The second-order valence-electron chi connectivity index (χ2n) is 5.16. The number of hydrogen-bond donors (Lipinski definition) is 1. The van der Waals surface area contributed by atoms with Crippen LogP contribution in [0.5, 0.6) is 5.75 Å². The number of aryl methyl sites for hydroxylation is 1. The number of carbonyl (C=O) groups is 1. The lowest BCUT2D eigenvalue weighted by Crippen LogP contribution is -2.23. The quantitative estimate of drug-likeness (QED) is 0.939. The van der Waals surface area contributed by atoms with Crippen LogP contribution in [-0.4, -0.2) is 21.7 Å². The number of para-hydroxylation sites is 1. The molecule has 0 atom stereocenters. The van der Waals surface area contributed by atoms with Crippen LogP contribution in [0.2, 0.25) is 0 Å². The number of rotatable bonds is 4. The Morgan fingerprint density at radius 2 is 2.05 bits per heavy atom. The number of benzene rings is 1. The van der Waals surface area contributed by atoms with Crippen LogP contribution in [0, 0.1) is 6.92 Å². The predicted molar refractivity (Wildman–Crippen MR) is 81.3 cm³/mol. The van der Waals surface area contributed by atoms with Crippen LogP contribution in [0.4, 0.5) is 0 Å². The molecule has 2 rings (SSSR count). The van der Waals surface area contributed by atoms with Gasteiger partial charge in [0.15, 0.2) is 0 Å². The molecule has 0 radical (unpaired) electrons. The van der Waals surface area contributed by atoms with Gasteiger partial charge in [0.1, 0.15) is 11.3 Å². The van der Waals surface area contributed by atoms with Crippen molar-refractivity contribution in [1.29, 1.82) is 0 Å². The third-order valence-corrected chi connectivity index (χ3v) is 3.40. The molecule has 0 aliphatic rings. The first-order valence-corrected chi connectivity index (χ1v) is 6.94. The molecule has 0 aliphatic heterocycles. The number of aromatic carboxylic acids is 1. The van der Waals surface area contributed by atoms with Crippen LogP contribution in [0.25, 0.3) is 10.9 Å². The molecule has 0 aliphatic carbocycles. The lowest BCUT2D eigenvalue weighted by atomic mass is 10.1. The lowest BCUT2D eigenvalue weighted by molar-refractivity contribution is 0.0694. The Morgan fingerprint density at radius 1 is 1.38 bits per heavy atom. The summed E-state index contributed by atoms with van der Waals surface area (Å²) in [6.07, 6.45) is -0.0320. The normalized spacial score (nSPS) is 11.1. The van der Waals surface area contributed by atoms with Crippen molar-refractivity contribution in [1.82, 2.24) is 4.57 Å². The molecule has 0 saturated heterocycles. The summed E-state index contributed by atoms with van der Waals surface area (Å²) in [4.78, 5) is 23.8. The first kappa shape index (κ1) is 15.1. The maximum atomic E-state index is 12.4. The number of aromatic nitrogens is 1. The molecule has 1 N–H and O–H groups in total. The fraction of sp³-hybridized carbons (Fsp3) is 0.375. The highest BCUT2D eigenvalue weighted by Gasteiger charge is 2.20. The van der Waals surface area contributed by atoms with Gasteiger partial charge in [-0.05, 0) is 39.8 Å². The molecule has 0 unspecified atom stereocenters. The highest BCUT2D eigenvalue weighted by molar-refractivity contribution is 5.95. The van der Waals surface area contributed by atoms with Gasteiger partial charge in [0.25, 0.3) is 0 Å². The Kier molecular flexibility index (Phi) is 4.02. The van der Waals surface area contributed by atoms with Gasteiger partial charge in [0.05, 0.1) is 17.0 Å². The van der Waals surface area contributed by atoms with E-state index in [2.05, 4.69) is 0 Å². The van der Waals surface area contributed by atoms with Crippen molar-refractivity contribution in [3.63, 3.8) is 0 Å². The summed E-state index contributed by atoms with van der Waals surface area (Å²) in [6, 6.07) is 5.15. The van der Waals surface area contributed by atoms with E-state index in [0.29, 0.717) is 28.9 Å². The van der Waals surface area contributed by atoms with E-state index >= 15 is 0 Å². The summed E-state index contributed by atoms with van der Waals surface area (Å²) in [5.41, 5.74) is 0.462. The van der Waals surface area contributed by atoms with Gasteiger partial charge in [-0.3, -0.25) is 4.79 Å². The smallest absolute Gasteiger partial charge is 0.341 e. The molecule has 5 nitrogen and oxygen atoms in total. The first-order chi connectivity index (χ1) is 9.88. The van der Waals surface area contributed by atoms with Crippen LogP contribution >= 0.6 is 0 Å². The van der Waals surface area contributed by atoms with E-state index in [9.17, 15) is 14.7 Å². The van der Waals surface area contributed by atoms with Gasteiger partial charge < -0.3 is 14.4 Å². The standard InChI is InChI=1S/C16H19NO4/c1-5-17-10(4)13(16(19)20)15(18)11-7-6-8-12(14(11)17)21-9(2)3/h6-9H,5H2,1-4H3,(H,19,20). The zero-order valence-corrected chi connectivity index (χ0v) is 12.6. The molecule has 0 fully saturated rings. The minimum absolute atomic E-state index is 0.0320. The third kappa shape index (κ3) is 2.51. The summed E-state index contributed by atoms with van der Waals surface area (Å²) in [6.45, 7) is 7.94. The van der Waals surface area contributed by atoms with Gasteiger partial charge >= 0.3 is 5.97 Å². The summed E-state index contributed by atoms with van der Waals surface area (Å²) >= 11 is 0. The number of hydrogen-bond acceptors (Lipinski definition) is 3. The average molecular weight is 289 g/mol. The van der Waals surface area contributed by atoms with E-state index in [1.165, 1.54) is 0 Å². The second kappa shape index (κ2) is 5.60. The van der Waals surface area contributed by atoms with E-state index in [4.69, 9.17) is 4.74 Å². The minimum atomic E-state index is -1.20. The number of pyridine rings is 1. The summed E-state index contributed by atoms with van der Waals surface area (Å²) in [7, 11) is 0. The first-order valence-electron chi connectivity index (χ1n) is 6.94. The maximum absolute atomic E-state index is 12.4. The zero-order valence-electron chi connectivity index (χ0n) is 12.6. The Labute approximate surface area is 122 Å².